The van der Waals surface area contributed by atoms with Gasteiger partial charge in [-0.25, -0.2) is 10.4 Å². The molecule has 0 spiro atoms. The fraction of sp³-hybridized carbons (Fsp3) is 1.00. The minimum atomic E-state index is -0.998. The molecule has 0 rings (SSSR count). The molecule has 0 aliphatic carbocycles. The van der Waals surface area contributed by atoms with Crippen LogP contribution in [0.2, 0.25) is 0 Å². The third kappa shape index (κ3) is 2.87. The van der Waals surface area contributed by atoms with E-state index in [2.05, 4.69) is 14.9 Å². The van der Waals surface area contributed by atoms with Crippen LogP contribution in [0.25, 0.3) is 0 Å². The molecule has 44 valence electrons. The maximum Gasteiger partial charge on any atom is 0.210 e. The Balaban J connectivity index is 2.99. The van der Waals surface area contributed by atoms with E-state index in [4.69, 9.17) is 11.7 Å². The van der Waals surface area contributed by atoms with Gasteiger partial charge in [-0.05, 0) is 0 Å². The smallest absolute Gasteiger partial charge is 0.210 e. The molecular weight excluding hydrogens is 115 g/mol. The first-order chi connectivity index (χ1) is 3.35. The fourth-order valence-electron chi connectivity index (χ4n) is 0.143. The summed E-state index contributed by atoms with van der Waals surface area (Å²) >= 11 is 0. The maximum atomic E-state index is 4.91. The van der Waals surface area contributed by atoms with Gasteiger partial charge in [0.1, 0.15) is 0 Å². The Kier molecular flexibility index (Phi) is 4.53. The van der Waals surface area contributed by atoms with Crippen LogP contribution in [0.3, 0.4) is 0 Å². The normalized spacial score (nSPS) is 10.3. The summed E-state index contributed by atoms with van der Waals surface area (Å²) in [6.07, 6.45) is 0. The molecule has 0 atom stereocenters. The number of rotatable bonds is 3. The summed E-state index contributed by atoms with van der Waals surface area (Å²) in [5.41, 5.74) is 0. The first-order valence-corrected chi connectivity index (χ1v) is 2.87. The molecule has 6 heteroatoms. The standard InChI is InChI=1S/CH9N4OP/c1-6-7(4-2)5-3/h4-5H,2-3H2,1H3. The van der Waals surface area contributed by atoms with E-state index in [9.17, 15) is 0 Å². The quantitative estimate of drug-likeness (QED) is 0.215. The van der Waals surface area contributed by atoms with Crippen molar-refractivity contribution in [3.8, 4) is 0 Å². The van der Waals surface area contributed by atoms with E-state index < -0.39 is 8.45 Å². The highest BCUT2D eigenvalue weighted by atomic mass is 31.2. The van der Waals surface area contributed by atoms with Crippen LogP contribution in [-0.4, -0.2) is 7.11 Å². The zero-order valence-corrected chi connectivity index (χ0v) is 4.90. The zero-order chi connectivity index (χ0) is 5.70. The molecule has 0 radical (unpaired) electrons. The molecule has 6 N–H and O–H groups in total. The molecule has 0 bridgehead atoms. The van der Waals surface area contributed by atoms with Gasteiger partial charge in [0.05, 0.1) is 0 Å². The van der Waals surface area contributed by atoms with Crippen LogP contribution < -0.4 is 22.1 Å². The molecule has 0 saturated carbocycles. The summed E-state index contributed by atoms with van der Waals surface area (Å²) in [4.78, 5) is 0. The highest BCUT2D eigenvalue weighted by Gasteiger charge is 1.96. The van der Waals surface area contributed by atoms with Crippen molar-refractivity contribution in [1.82, 2.24) is 10.4 Å². The molecule has 0 aliphatic rings. The summed E-state index contributed by atoms with van der Waals surface area (Å²) < 4.78 is 4.64. The molecule has 7 heavy (non-hydrogen) atoms. The summed E-state index contributed by atoms with van der Waals surface area (Å²) in [6, 6.07) is 0. The molecule has 0 amide bonds. The van der Waals surface area contributed by atoms with Crippen LogP contribution in [-0.2, 0) is 4.52 Å². The van der Waals surface area contributed by atoms with Crippen molar-refractivity contribution in [1.29, 1.82) is 0 Å². The van der Waals surface area contributed by atoms with Crippen LogP contribution in [0.1, 0.15) is 0 Å². The molecule has 5 nitrogen and oxygen atoms in total. The van der Waals surface area contributed by atoms with Gasteiger partial charge in [-0.15, -0.1) is 0 Å². The van der Waals surface area contributed by atoms with Gasteiger partial charge in [-0.2, -0.15) is 0 Å². The van der Waals surface area contributed by atoms with E-state index in [-0.39, 0.29) is 0 Å². The van der Waals surface area contributed by atoms with Gasteiger partial charge in [-0.3, -0.25) is 11.7 Å². The lowest BCUT2D eigenvalue weighted by atomic mass is 11.8. The lowest BCUT2D eigenvalue weighted by molar-refractivity contribution is 0.443. The Hall–Kier alpha value is 0.230. The number of hydrogen-bond donors (Lipinski definition) is 4. The molecule has 0 saturated heterocycles. The summed E-state index contributed by atoms with van der Waals surface area (Å²) in [7, 11) is 0.507. The van der Waals surface area contributed by atoms with Gasteiger partial charge < -0.3 is 4.52 Å². The third-order valence-electron chi connectivity index (χ3n) is 0.417. The van der Waals surface area contributed by atoms with Crippen molar-refractivity contribution in [2.24, 2.45) is 11.7 Å². The molecule has 0 aromatic rings. The topological polar surface area (TPSA) is 85.3 Å². The van der Waals surface area contributed by atoms with Crippen molar-refractivity contribution in [3.63, 3.8) is 0 Å². The first-order valence-electron chi connectivity index (χ1n) is 1.62. The number of hydrazine groups is 2. The highest BCUT2D eigenvalue weighted by Crippen LogP contribution is 2.18. The second kappa shape index (κ2) is 4.39. The van der Waals surface area contributed by atoms with Crippen molar-refractivity contribution >= 4 is 8.45 Å². The molecule has 0 aromatic heterocycles. The van der Waals surface area contributed by atoms with Gasteiger partial charge in [0.2, 0.25) is 8.45 Å². The maximum absolute atomic E-state index is 4.91. The van der Waals surface area contributed by atoms with Gasteiger partial charge >= 0.3 is 0 Å². The van der Waals surface area contributed by atoms with E-state index in [1.54, 1.807) is 0 Å². The van der Waals surface area contributed by atoms with Gasteiger partial charge in [-0.1, -0.05) is 0 Å². The van der Waals surface area contributed by atoms with Crippen LogP contribution in [0.15, 0.2) is 0 Å². The third-order valence-corrected chi connectivity index (χ3v) is 1.25. The average Bonchev–Trinajstić information content (AvgIpc) is 1.72. The van der Waals surface area contributed by atoms with Crippen LogP contribution in [0.4, 0.5) is 0 Å². The molecular formula is CH9N4OP. The van der Waals surface area contributed by atoms with E-state index in [0.29, 0.717) is 0 Å². The minimum Gasteiger partial charge on any atom is -0.333 e. The molecule has 0 aliphatic heterocycles. The summed E-state index contributed by atoms with van der Waals surface area (Å²) in [5.74, 6) is 9.81. The highest BCUT2D eigenvalue weighted by molar-refractivity contribution is 7.47. The Bertz CT molecular complexity index is 33.2. The van der Waals surface area contributed by atoms with E-state index >= 15 is 0 Å². The number of hydrogen-bond acceptors (Lipinski definition) is 5. The van der Waals surface area contributed by atoms with Crippen LogP contribution >= 0.6 is 8.45 Å². The Morgan fingerprint density at radius 1 is 1.43 bits per heavy atom. The molecule has 0 unspecified atom stereocenters. The van der Waals surface area contributed by atoms with E-state index in [1.165, 1.54) is 7.11 Å². The van der Waals surface area contributed by atoms with Crippen molar-refractivity contribution in [3.05, 3.63) is 0 Å². The van der Waals surface area contributed by atoms with E-state index in [1.807, 2.05) is 0 Å². The summed E-state index contributed by atoms with van der Waals surface area (Å²) in [6.45, 7) is 0. The van der Waals surface area contributed by atoms with E-state index in [0.717, 1.165) is 0 Å². The fourth-order valence-corrected chi connectivity index (χ4v) is 0.428. The predicted octanol–water partition coefficient (Wildman–Crippen LogP) is -1.21. The minimum absolute atomic E-state index is 0.998. The number of nitrogens with one attached hydrogen (secondary N) is 2. The Morgan fingerprint density at radius 2 is 1.86 bits per heavy atom. The zero-order valence-electron chi connectivity index (χ0n) is 4.01. The SMILES string of the molecule is COP(NN)NN. The second-order valence-electron chi connectivity index (χ2n) is 0.735. The van der Waals surface area contributed by atoms with Crippen LogP contribution in [0, 0.1) is 0 Å². The second-order valence-corrected chi connectivity index (χ2v) is 2.21. The van der Waals surface area contributed by atoms with Crippen molar-refractivity contribution in [2.75, 3.05) is 7.11 Å². The molecule has 0 heterocycles. The van der Waals surface area contributed by atoms with Crippen molar-refractivity contribution < 1.29 is 4.52 Å². The Morgan fingerprint density at radius 3 is 1.86 bits per heavy atom. The van der Waals surface area contributed by atoms with Crippen LogP contribution in [0.5, 0.6) is 0 Å². The monoisotopic (exact) mass is 124 g/mol. The van der Waals surface area contributed by atoms with Gasteiger partial charge in [0, 0.05) is 7.11 Å². The Labute approximate surface area is 43.3 Å². The lowest BCUT2D eigenvalue weighted by Crippen LogP contribution is -2.28. The van der Waals surface area contributed by atoms with Gasteiger partial charge in [0.15, 0.2) is 0 Å². The summed E-state index contributed by atoms with van der Waals surface area (Å²) in [5, 5.41) is 4.62. The molecule has 0 aromatic carbocycles. The predicted molar refractivity (Wildman–Crippen MR) is 28.6 cm³/mol. The average molecular weight is 124 g/mol. The van der Waals surface area contributed by atoms with Gasteiger partial charge in [0.25, 0.3) is 0 Å². The number of nitrogens with two attached hydrogens (primary N) is 2. The molecule has 0 fully saturated rings. The largest absolute Gasteiger partial charge is 0.333 e. The first kappa shape index (κ1) is 7.23. The lowest BCUT2D eigenvalue weighted by Gasteiger charge is -2.08. The van der Waals surface area contributed by atoms with Crippen molar-refractivity contribution in [2.45, 2.75) is 0 Å².